The Bertz CT molecular complexity index is 1490. The molecule has 0 aliphatic rings. The van der Waals surface area contributed by atoms with Crippen LogP contribution in [0.25, 0.3) is 22.6 Å². The molecule has 0 aliphatic heterocycles. The zero-order chi connectivity index (χ0) is 22.6. The summed E-state index contributed by atoms with van der Waals surface area (Å²) in [5, 5.41) is 0.613. The molecule has 0 radical (unpaired) electrons. The fourth-order valence-corrected chi connectivity index (χ4v) is 3.93. The van der Waals surface area contributed by atoms with Crippen LogP contribution in [-0.2, 0) is 23.1 Å². The van der Waals surface area contributed by atoms with Crippen molar-refractivity contribution in [1.29, 1.82) is 0 Å². The van der Waals surface area contributed by atoms with Crippen molar-refractivity contribution in [3.05, 3.63) is 61.0 Å². The molecule has 0 N–H and O–H groups in total. The van der Waals surface area contributed by atoms with Crippen molar-refractivity contribution in [3.8, 4) is 5.69 Å². The molecule has 9 nitrogen and oxygen atoms in total. The number of carbonyl (C=O) groups excluding carboxylic acids is 1. The SMILES string of the molecule is CCOC(=O)Cn1c(=O)c2c(nc3n(-c4ccc(C)c(Cl)c4)c(C)c(C)n23)n(C)c1=O. The third-order valence-electron chi connectivity index (χ3n) is 5.53. The monoisotopic (exact) mass is 443 g/mol. The lowest BCUT2D eigenvalue weighted by atomic mass is 10.2. The molecule has 0 atom stereocenters. The van der Waals surface area contributed by atoms with Crippen LogP contribution >= 0.6 is 11.6 Å². The van der Waals surface area contributed by atoms with Crippen molar-refractivity contribution in [3.63, 3.8) is 0 Å². The zero-order valence-electron chi connectivity index (χ0n) is 17.9. The highest BCUT2D eigenvalue weighted by Gasteiger charge is 2.24. The van der Waals surface area contributed by atoms with Crippen molar-refractivity contribution in [1.82, 2.24) is 23.1 Å². The van der Waals surface area contributed by atoms with Gasteiger partial charge < -0.3 is 4.74 Å². The highest BCUT2D eigenvalue weighted by molar-refractivity contribution is 6.31. The standard InChI is InChI=1S/C21H22ClN5O4/c1-6-31-16(28)10-25-19(29)17-18(24(5)21(25)30)23-20-26(12(3)13(4)27(17)20)14-8-7-11(2)15(22)9-14/h7-9H,6,10H2,1-5H3. The van der Waals surface area contributed by atoms with Gasteiger partial charge in [0, 0.05) is 23.5 Å². The Balaban J connectivity index is 2.08. The number of halogens is 1. The molecule has 0 saturated heterocycles. The van der Waals surface area contributed by atoms with Gasteiger partial charge in [-0.15, -0.1) is 0 Å². The second kappa shape index (κ2) is 7.42. The summed E-state index contributed by atoms with van der Waals surface area (Å²) in [7, 11) is 1.52. The molecule has 1 aromatic carbocycles. The summed E-state index contributed by atoms with van der Waals surface area (Å²) in [6.07, 6.45) is 0. The molecule has 4 aromatic rings. The van der Waals surface area contributed by atoms with Crippen LogP contribution < -0.4 is 11.2 Å². The van der Waals surface area contributed by atoms with E-state index >= 15 is 0 Å². The molecule has 0 unspecified atom stereocenters. The van der Waals surface area contributed by atoms with Crippen LogP contribution in [0.4, 0.5) is 0 Å². The lowest BCUT2D eigenvalue weighted by Crippen LogP contribution is -2.41. The molecule has 0 fully saturated rings. The third kappa shape index (κ3) is 3.07. The Morgan fingerprint density at radius 2 is 1.87 bits per heavy atom. The summed E-state index contributed by atoms with van der Waals surface area (Å²) in [5.41, 5.74) is 2.62. The predicted molar refractivity (Wildman–Crippen MR) is 117 cm³/mol. The summed E-state index contributed by atoms with van der Waals surface area (Å²) < 4.78 is 10.7. The predicted octanol–water partition coefficient (Wildman–Crippen LogP) is 2.28. The van der Waals surface area contributed by atoms with E-state index in [4.69, 9.17) is 16.3 Å². The highest BCUT2D eigenvalue weighted by Crippen LogP contribution is 2.27. The van der Waals surface area contributed by atoms with Gasteiger partial charge in [-0.1, -0.05) is 17.7 Å². The third-order valence-corrected chi connectivity index (χ3v) is 5.93. The number of rotatable bonds is 4. The molecule has 3 aromatic heterocycles. The number of esters is 1. The van der Waals surface area contributed by atoms with Crippen molar-refractivity contribution < 1.29 is 9.53 Å². The molecule has 3 heterocycles. The van der Waals surface area contributed by atoms with Gasteiger partial charge in [-0.05, 0) is 45.4 Å². The van der Waals surface area contributed by atoms with E-state index in [1.54, 1.807) is 11.3 Å². The molecule has 4 rings (SSSR count). The van der Waals surface area contributed by atoms with Gasteiger partial charge in [-0.2, -0.15) is 4.98 Å². The van der Waals surface area contributed by atoms with Crippen LogP contribution in [0.1, 0.15) is 23.9 Å². The number of imidazole rings is 2. The number of hydrogen-bond acceptors (Lipinski definition) is 5. The minimum atomic E-state index is -0.651. The first kappa shape index (κ1) is 20.9. The van der Waals surface area contributed by atoms with E-state index < -0.39 is 23.8 Å². The van der Waals surface area contributed by atoms with E-state index in [1.807, 2.05) is 43.5 Å². The number of aryl methyl sites for hydroxylation is 3. The van der Waals surface area contributed by atoms with Gasteiger partial charge in [0.05, 0.1) is 12.3 Å². The van der Waals surface area contributed by atoms with Gasteiger partial charge >= 0.3 is 11.7 Å². The van der Waals surface area contributed by atoms with Gasteiger partial charge in [0.25, 0.3) is 5.56 Å². The Hall–Kier alpha value is -3.33. The number of ether oxygens (including phenoxy) is 1. The van der Waals surface area contributed by atoms with Crippen LogP contribution in [0.2, 0.25) is 5.02 Å². The number of carbonyl (C=O) groups is 1. The van der Waals surface area contributed by atoms with E-state index in [1.165, 1.54) is 11.6 Å². The Kier molecular flexibility index (Phi) is 5.01. The molecule has 162 valence electrons. The van der Waals surface area contributed by atoms with E-state index in [9.17, 15) is 14.4 Å². The summed E-state index contributed by atoms with van der Waals surface area (Å²) in [4.78, 5) is 42.6. The molecule has 31 heavy (non-hydrogen) atoms. The molecule has 0 saturated carbocycles. The minimum absolute atomic E-state index is 0.160. The summed E-state index contributed by atoms with van der Waals surface area (Å²) in [5.74, 6) is -0.174. The summed E-state index contributed by atoms with van der Waals surface area (Å²) in [6.45, 7) is 7.07. The molecular formula is C21H22ClN5O4. The van der Waals surface area contributed by atoms with Crippen LogP contribution in [-0.4, -0.2) is 35.7 Å². The number of nitrogens with zero attached hydrogens (tertiary/aromatic N) is 5. The Morgan fingerprint density at radius 3 is 2.52 bits per heavy atom. The van der Waals surface area contributed by atoms with Gasteiger partial charge in [0.1, 0.15) is 6.54 Å². The quantitative estimate of drug-likeness (QED) is 0.451. The second-order valence-corrected chi connectivity index (χ2v) is 7.80. The topological polar surface area (TPSA) is 92.5 Å². The largest absolute Gasteiger partial charge is 0.465 e. The Labute approximate surface area is 182 Å². The number of fused-ring (bicyclic) bond motifs is 3. The smallest absolute Gasteiger partial charge is 0.333 e. The highest BCUT2D eigenvalue weighted by atomic mass is 35.5. The molecule has 0 bridgehead atoms. The fraction of sp³-hybridized carbons (Fsp3) is 0.333. The van der Waals surface area contributed by atoms with Crippen LogP contribution in [0.15, 0.2) is 27.8 Å². The second-order valence-electron chi connectivity index (χ2n) is 7.40. The number of hydrogen-bond donors (Lipinski definition) is 0. The van der Waals surface area contributed by atoms with Crippen molar-refractivity contribution in [2.45, 2.75) is 34.2 Å². The van der Waals surface area contributed by atoms with Crippen LogP contribution in [0.3, 0.4) is 0 Å². The first-order valence-corrected chi connectivity index (χ1v) is 10.2. The Morgan fingerprint density at radius 1 is 1.16 bits per heavy atom. The lowest BCUT2D eigenvalue weighted by Gasteiger charge is -2.09. The van der Waals surface area contributed by atoms with Gasteiger partial charge in [-0.25, -0.2) is 9.36 Å². The lowest BCUT2D eigenvalue weighted by molar-refractivity contribution is -0.143. The van der Waals surface area contributed by atoms with Crippen molar-refractivity contribution >= 4 is 34.5 Å². The van der Waals surface area contributed by atoms with Gasteiger partial charge in [-0.3, -0.25) is 23.1 Å². The average molecular weight is 444 g/mol. The van der Waals surface area contributed by atoms with Gasteiger partial charge in [0.15, 0.2) is 11.2 Å². The maximum Gasteiger partial charge on any atom is 0.333 e. The average Bonchev–Trinajstić information content (AvgIpc) is 3.22. The molecule has 10 heteroatoms. The normalized spacial score (nSPS) is 11.5. The summed E-state index contributed by atoms with van der Waals surface area (Å²) in [6, 6.07) is 5.67. The minimum Gasteiger partial charge on any atom is -0.465 e. The van der Waals surface area contributed by atoms with Crippen LogP contribution in [0, 0.1) is 20.8 Å². The first-order valence-electron chi connectivity index (χ1n) is 9.79. The van der Waals surface area contributed by atoms with Crippen molar-refractivity contribution in [2.75, 3.05) is 6.61 Å². The van der Waals surface area contributed by atoms with E-state index in [-0.39, 0.29) is 17.8 Å². The maximum absolute atomic E-state index is 13.3. The van der Waals surface area contributed by atoms with E-state index in [2.05, 4.69) is 4.98 Å². The first-order chi connectivity index (χ1) is 14.7. The molecule has 0 aliphatic carbocycles. The maximum atomic E-state index is 13.3. The molecule has 0 spiro atoms. The fourth-order valence-electron chi connectivity index (χ4n) is 3.76. The van der Waals surface area contributed by atoms with E-state index in [0.29, 0.717) is 10.8 Å². The van der Waals surface area contributed by atoms with Crippen LogP contribution in [0.5, 0.6) is 0 Å². The molecular weight excluding hydrogens is 422 g/mol. The number of aromatic nitrogens is 5. The molecule has 0 amide bonds. The van der Waals surface area contributed by atoms with Crippen molar-refractivity contribution in [2.24, 2.45) is 7.05 Å². The van der Waals surface area contributed by atoms with Gasteiger partial charge in [0.2, 0.25) is 5.78 Å². The zero-order valence-corrected chi connectivity index (χ0v) is 18.6. The number of benzene rings is 1. The summed E-state index contributed by atoms with van der Waals surface area (Å²) >= 11 is 6.34. The van der Waals surface area contributed by atoms with E-state index in [0.717, 1.165) is 27.2 Å².